The van der Waals surface area contributed by atoms with Gasteiger partial charge >= 0.3 is 5.69 Å². The fourth-order valence-corrected chi connectivity index (χ4v) is 1.84. The summed E-state index contributed by atoms with van der Waals surface area (Å²) in [5, 5.41) is 4.85. The van der Waals surface area contributed by atoms with Crippen LogP contribution in [0, 0.1) is 6.92 Å². The number of H-pyrrole nitrogens is 1. The van der Waals surface area contributed by atoms with Gasteiger partial charge in [0.1, 0.15) is 11.6 Å². The molecule has 3 aromatic rings. The summed E-state index contributed by atoms with van der Waals surface area (Å²) in [7, 11) is 1.60. The summed E-state index contributed by atoms with van der Waals surface area (Å²) in [5.74, 6) is 1.28. The molecule has 86 valence electrons. The Hall–Kier alpha value is -2.37. The maximum atomic E-state index is 11.7. The minimum absolute atomic E-state index is 0.293. The molecule has 0 spiro atoms. The van der Waals surface area contributed by atoms with E-state index in [4.69, 9.17) is 4.74 Å². The van der Waals surface area contributed by atoms with E-state index in [9.17, 15) is 4.79 Å². The van der Waals surface area contributed by atoms with Gasteiger partial charge in [0.15, 0.2) is 5.65 Å². The van der Waals surface area contributed by atoms with Gasteiger partial charge in [-0.05, 0) is 25.1 Å². The van der Waals surface area contributed by atoms with E-state index in [1.807, 2.05) is 6.07 Å². The zero-order valence-corrected chi connectivity index (χ0v) is 9.39. The maximum absolute atomic E-state index is 11.7. The van der Waals surface area contributed by atoms with E-state index in [1.54, 1.807) is 26.2 Å². The lowest BCUT2D eigenvalue weighted by Gasteiger charge is -2.02. The van der Waals surface area contributed by atoms with Gasteiger partial charge in [-0.25, -0.2) is 9.78 Å². The van der Waals surface area contributed by atoms with Crippen LogP contribution in [0.1, 0.15) is 5.82 Å². The smallest absolute Gasteiger partial charge is 0.348 e. The van der Waals surface area contributed by atoms with Crippen LogP contribution < -0.4 is 10.4 Å². The molecule has 0 saturated carbocycles. The first-order chi connectivity index (χ1) is 8.19. The summed E-state index contributed by atoms with van der Waals surface area (Å²) in [6, 6.07) is 5.41. The highest BCUT2D eigenvalue weighted by atomic mass is 16.5. The van der Waals surface area contributed by atoms with Crippen LogP contribution in [0.3, 0.4) is 0 Å². The Morgan fingerprint density at radius 1 is 1.41 bits per heavy atom. The Labute approximate surface area is 95.9 Å². The van der Waals surface area contributed by atoms with Crippen molar-refractivity contribution in [2.45, 2.75) is 6.92 Å². The molecule has 0 radical (unpaired) electrons. The zero-order valence-electron chi connectivity index (χ0n) is 9.39. The Kier molecular flexibility index (Phi) is 1.91. The number of fused-ring (bicyclic) bond motifs is 3. The lowest BCUT2D eigenvalue weighted by atomic mass is 10.2. The topological polar surface area (TPSA) is 72.3 Å². The number of nitrogens with zero attached hydrogens (tertiary/aromatic N) is 3. The number of ether oxygens (including phenoxy) is 1. The van der Waals surface area contributed by atoms with Crippen LogP contribution in [0.5, 0.6) is 5.75 Å². The molecule has 0 fully saturated rings. The average molecular weight is 230 g/mol. The van der Waals surface area contributed by atoms with Gasteiger partial charge in [-0.3, -0.25) is 0 Å². The average Bonchev–Trinajstić information content (AvgIpc) is 2.72. The molecular weight excluding hydrogens is 220 g/mol. The normalized spacial score (nSPS) is 11.2. The molecule has 6 nitrogen and oxygen atoms in total. The summed E-state index contributed by atoms with van der Waals surface area (Å²) < 4.78 is 6.42. The third-order valence-electron chi connectivity index (χ3n) is 2.61. The van der Waals surface area contributed by atoms with Crippen LogP contribution in [0.15, 0.2) is 23.0 Å². The first-order valence-electron chi connectivity index (χ1n) is 5.12. The van der Waals surface area contributed by atoms with E-state index in [2.05, 4.69) is 15.1 Å². The van der Waals surface area contributed by atoms with Crippen molar-refractivity contribution < 1.29 is 4.74 Å². The lowest BCUT2D eigenvalue weighted by Crippen LogP contribution is -2.17. The van der Waals surface area contributed by atoms with E-state index in [0.29, 0.717) is 17.2 Å². The molecular formula is C11H10N4O2. The van der Waals surface area contributed by atoms with Gasteiger partial charge in [0.05, 0.1) is 12.6 Å². The largest absolute Gasteiger partial charge is 0.497 e. The predicted molar refractivity (Wildman–Crippen MR) is 62.4 cm³/mol. The first-order valence-corrected chi connectivity index (χ1v) is 5.12. The molecule has 6 heteroatoms. The molecule has 1 N–H and O–H groups in total. The molecule has 0 unspecified atom stereocenters. The van der Waals surface area contributed by atoms with Crippen LogP contribution in [0.2, 0.25) is 0 Å². The third kappa shape index (κ3) is 1.37. The monoisotopic (exact) mass is 230 g/mol. The highest BCUT2D eigenvalue weighted by Gasteiger charge is 2.09. The van der Waals surface area contributed by atoms with Gasteiger partial charge in [-0.2, -0.15) is 4.52 Å². The van der Waals surface area contributed by atoms with Crippen molar-refractivity contribution in [3.05, 3.63) is 34.5 Å². The number of hydrogen-bond acceptors (Lipinski definition) is 4. The minimum Gasteiger partial charge on any atom is -0.497 e. The van der Waals surface area contributed by atoms with E-state index >= 15 is 0 Å². The van der Waals surface area contributed by atoms with E-state index < -0.39 is 0 Å². The first kappa shape index (κ1) is 9.83. The second-order valence-electron chi connectivity index (χ2n) is 3.74. The van der Waals surface area contributed by atoms with Gasteiger partial charge in [0.2, 0.25) is 0 Å². The van der Waals surface area contributed by atoms with Crippen LogP contribution in [0.25, 0.3) is 16.6 Å². The Morgan fingerprint density at radius 3 is 3.00 bits per heavy atom. The van der Waals surface area contributed by atoms with E-state index in [1.165, 1.54) is 4.52 Å². The Bertz CT molecular complexity index is 772. The van der Waals surface area contributed by atoms with Crippen LogP contribution in [0.4, 0.5) is 0 Å². The summed E-state index contributed by atoms with van der Waals surface area (Å²) in [6.45, 7) is 1.75. The quantitative estimate of drug-likeness (QED) is 0.673. The molecule has 0 amide bonds. The molecule has 17 heavy (non-hydrogen) atoms. The molecule has 0 aliphatic rings. The van der Waals surface area contributed by atoms with E-state index in [0.717, 1.165) is 10.9 Å². The molecule has 0 saturated heterocycles. The van der Waals surface area contributed by atoms with Gasteiger partial charge in [0, 0.05) is 5.39 Å². The van der Waals surface area contributed by atoms with Gasteiger partial charge in [0.25, 0.3) is 0 Å². The summed E-state index contributed by atoms with van der Waals surface area (Å²) in [6.07, 6.45) is 0. The number of aromatic nitrogens is 4. The van der Waals surface area contributed by atoms with Gasteiger partial charge in [-0.1, -0.05) is 0 Å². The maximum Gasteiger partial charge on any atom is 0.348 e. The number of aryl methyl sites for hydroxylation is 1. The lowest BCUT2D eigenvalue weighted by molar-refractivity contribution is 0.415. The van der Waals surface area contributed by atoms with Crippen molar-refractivity contribution in [1.29, 1.82) is 0 Å². The third-order valence-corrected chi connectivity index (χ3v) is 2.61. The molecule has 0 bridgehead atoms. The number of hydrogen-bond donors (Lipinski definition) is 1. The molecule has 0 aliphatic carbocycles. The molecule has 0 aliphatic heterocycles. The van der Waals surface area contributed by atoms with Crippen LogP contribution >= 0.6 is 0 Å². The Morgan fingerprint density at radius 2 is 2.24 bits per heavy atom. The number of aromatic amines is 1. The number of nitrogens with one attached hydrogen (secondary N) is 1. The second kappa shape index (κ2) is 3.31. The van der Waals surface area contributed by atoms with E-state index in [-0.39, 0.29) is 5.69 Å². The number of benzene rings is 1. The standard InChI is InChI=1S/C11H10N4O2/c1-6-12-10-8-5-7(17-2)3-4-9(8)13-11(16)15(10)14-6/h3-5H,1-2H3,(H,13,16). The zero-order chi connectivity index (χ0) is 12.0. The highest BCUT2D eigenvalue weighted by Crippen LogP contribution is 2.20. The molecule has 3 rings (SSSR count). The van der Waals surface area contributed by atoms with Crippen molar-refractivity contribution in [2.24, 2.45) is 0 Å². The van der Waals surface area contributed by atoms with Crippen molar-refractivity contribution in [3.63, 3.8) is 0 Å². The summed E-state index contributed by atoms with van der Waals surface area (Å²) in [4.78, 5) is 18.7. The van der Waals surface area contributed by atoms with Crippen molar-refractivity contribution in [3.8, 4) is 5.75 Å². The van der Waals surface area contributed by atoms with Gasteiger partial charge < -0.3 is 9.72 Å². The fourth-order valence-electron chi connectivity index (χ4n) is 1.84. The van der Waals surface area contributed by atoms with Crippen molar-refractivity contribution in [2.75, 3.05) is 7.11 Å². The van der Waals surface area contributed by atoms with Gasteiger partial charge in [-0.15, -0.1) is 5.10 Å². The summed E-state index contributed by atoms with van der Waals surface area (Å²) >= 11 is 0. The molecule has 2 aromatic heterocycles. The minimum atomic E-state index is -0.293. The summed E-state index contributed by atoms with van der Waals surface area (Å²) in [5.41, 5.74) is 0.967. The number of rotatable bonds is 1. The van der Waals surface area contributed by atoms with Crippen LogP contribution in [-0.2, 0) is 0 Å². The molecule has 1 aromatic carbocycles. The van der Waals surface area contributed by atoms with Crippen molar-refractivity contribution >= 4 is 16.6 Å². The fraction of sp³-hybridized carbons (Fsp3) is 0.182. The molecule has 0 atom stereocenters. The van der Waals surface area contributed by atoms with Crippen molar-refractivity contribution in [1.82, 2.24) is 19.6 Å². The highest BCUT2D eigenvalue weighted by molar-refractivity contribution is 5.91. The van der Waals surface area contributed by atoms with Crippen LogP contribution in [-0.4, -0.2) is 26.7 Å². The predicted octanol–water partition coefficient (Wildman–Crippen LogP) is 0.888. The number of methoxy groups -OCH3 is 1. The Balaban J connectivity index is 2.55. The second-order valence-corrected chi connectivity index (χ2v) is 3.74. The SMILES string of the molecule is COc1ccc2[nH]c(=O)n3nc(C)nc3c2c1. The molecule has 2 heterocycles.